The predicted molar refractivity (Wildman–Crippen MR) is 83.5 cm³/mol. The number of anilines is 1. The summed E-state index contributed by atoms with van der Waals surface area (Å²) in [5, 5.41) is 14.8. The van der Waals surface area contributed by atoms with E-state index in [1.165, 1.54) is 12.1 Å². The number of piperidine rings is 1. The summed E-state index contributed by atoms with van der Waals surface area (Å²) in [6.45, 7) is 1.32. The second kappa shape index (κ2) is 5.85. The fraction of sp³-hybridized carbons (Fsp3) is 0.500. The van der Waals surface area contributed by atoms with E-state index in [4.69, 9.17) is 4.52 Å². The van der Waals surface area contributed by atoms with E-state index in [0.29, 0.717) is 24.7 Å². The van der Waals surface area contributed by atoms with Crippen molar-refractivity contribution in [1.29, 1.82) is 0 Å². The second-order valence-electron chi connectivity index (χ2n) is 6.42. The van der Waals surface area contributed by atoms with Crippen LogP contribution in [-0.4, -0.2) is 28.2 Å². The molecule has 1 aliphatic carbocycles. The molecule has 2 aliphatic rings. The summed E-state index contributed by atoms with van der Waals surface area (Å²) >= 11 is 0. The van der Waals surface area contributed by atoms with Gasteiger partial charge in [0, 0.05) is 31.0 Å². The van der Waals surface area contributed by atoms with Crippen LogP contribution in [0.4, 0.5) is 15.8 Å². The van der Waals surface area contributed by atoms with Crippen molar-refractivity contribution in [1.82, 2.24) is 10.1 Å². The number of hydrogen-bond acceptors (Lipinski definition) is 6. The zero-order valence-corrected chi connectivity index (χ0v) is 13.0. The Kier molecular flexibility index (Phi) is 3.66. The van der Waals surface area contributed by atoms with Crippen molar-refractivity contribution < 1.29 is 13.8 Å². The molecular formula is C16H17FN4O3. The molecule has 0 N–H and O–H groups in total. The van der Waals surface area contributed by atoms with Gasteiger partial charge >= 0.3 is 0 Å². The summed E-state index contributed by atoms with van der Waals surface area (Å²) in [6, 6.07) is 3.79. The fourth-order valence-electron chi connectivity index (χ4n) is 3.15. The molecule has 126 valence electrons. The van der Waals surface area contributed by atoms with Crippen LogP contribution in [0.15, 0.2) is 22.7 Å². The van der Waals surface area contributed by atoms with Crippen LogP contribution < -0.4 is 4.90 Å². The molecule has 0 spiro atoms. The highest BCUT2D eigenvalue weighted by atomic mass is 19.1. The molecule has 0 atom stereocenters. The lowest BCUT2D eigenvalue weighted by molar-refractivity contribution is -0.385. The number of nitro benzene ring substituents is 1. The van der Waals surface area contributed by atoms with Gasteiger partial charge in [-0.2, -0.15) is 4.98 Å². The Labute approximate surface area is 137 Å². The molecule has 1 aliphatic heterocycles. The molecule has 8 heteroatoms. The number of rotatable bonds is 4. The van der Waals surface area contributed by atoms with E-state index in [0.717, 1.165) is 43.5 Å². The summed E-state index contributed by atoms with van der Waals surface area (Å²) in [6.07, 6.45) is 3.86. The van der Waals surface area contributed by atoms with Crippen molar-refractivity contribution in [2.45, 2.75) is 37.5 Å². The third kappa shape index (κ3) is 2.83. The zero-order valence-electron chi connectivity index (χ0n) is 13.0. The molecular weight excluding hydrogens is 315 g/mol. The zero-order chi connectivity index (χ0) is 16.7. The third-order valence-corrected chi connectivity index (χ3v) is 4.73. The Hall–Kier alpha value is -2.51. The van der Waals surface area contributed by atoms with Crippen LogP contribution in [0.3, 0.4) is 0 Å². The molecule has 0 radical (unpaired) electrons. The molecule has 2 heterocycles. The first-order valence-electron chi connectivity index (χ1n) is 8.14. The van der Waals surface area contributed by atoms with Gasteiger partial charge in [0.05, 0.1) is 16.7 Å². The lowest BCUT2D eigenvalue weighted by Crippen LogP contribution is -2.33. The number of benzene rings is 1. The number of hydrogen-bond donors (Lipinski definition) is 0. The topological polar surface area (TPSA) is 85.3 Å². The van der Waals surface area contributed by atoms with Gasteiger partial charge in [0.25, 0.3) is 5.69 Å². The molecule has 24 heavy (non-hydrogen) atoms. The number of halogens is 1. The molecule has 1 aromatic carbocycles. The van der Waals surface area contributed by atoms with Gasteiger partial charge in [-0.15, -0.1) is 0 Å². The molecule has 7 nitrogen and oxygen atoms in total. The molecule has 1 saturated heterocycles. The van der Waals surface area contributed by atoms with Crippen LogP contribution in [0.5, 0.6) is 0 Å². The van der Waals surface area contributed by atoms with Crippen molar-refractivity contribution >= 4 is 11.4 Å². The summed E-state index contributed by atoms with van der Waals surface area (Å²) in [5.74, 6) is 1.60. The SMILES string of the molecule is O=[N+]([O-])c1ccc(N2CCC(c3noc(C4CC4)n3)CC2)c(F)c1. The van der Waals surface area contributed by atoms with Crippen LogP contribution in [0.2, 0.25) is 0 Å². The van der Waals surface area contributed by atoms with Crippen LogP contribution in [-0.2, 0) is 0 Å². The highest BCUT2D eigenvalue weighted by Gasteiger charge is 2.32. The molecule has 4 rings (SSSR count). The first-order valence-corrected chi connectivity index (χ1v) is 8.14. The largest absolute Gasteiger partial charge is 0.369 e. The molecule has 2 aromatic rings. The van der Waals surface area contributed by atoms with Crippen LogP contribution >= 0.6 is 0 Å². The number of nitrogens with zero attached hydrogens (tertiary/aromatic N) is 4. The van der Waals surface area contributed by atoms with Gasteiger partial charge in [0.15, 0.2) is 11.6 Å². The normalized spacial score (nSPS) is 18.8. The summed E-state index contributed by atoms with van der Waals surface area (Å²) < 4.78 is 19.4. The van der Waals surface area contributed by atoms with E-state index in [9.17, 15) is 14.5 Å². The van der Waals surface area contributed by atoms with Crippen molar-refractivity contribution in [3.05, 3.63) is 45.8 Å². The van der Waals surface area contributed by atoms with Gasteiger partial charge in [0.1, 0.15) is 0 Å². The van der Waals surface area contributed by atoms with E-state index >= 15 is 0 Å². The van der Waals surface area contributed by atoms with Crippen molar-refractivity contribution in [2.24, 2.45) is 0 Å². The highest BCUT2D eigenvalue weighted by Crippen LogP contribution is 2.40. The standard InChI is InChI=1S/C16H17FN4O3/c17-13-9-12(21(22)23)3-4-14(13)20-7-5-10(6-8-20)15-18-16(24-19-15)11-1-2-11/h3-4,9-11H,1-2,5-8H2. The van der Waals surface area contributed by atoms with Crippen molar-refractivity contribution in [3.8, 4) is 0 Å². The Morgan fingerprint density at radius 2 is 1.96 bits per heavy atom. The van der Waals surface area contributed by atoms with Gasteiger partial charge in [-0.25, -0.2) is 4.39 Å². The fourth-order valence-corrected chi connectivity index (χ4v) is 3.15. The number of non-ortho nitro benzene ring substituents is 1. The second-order valence-corrected chi connectivity index (χ2v) is 6.42. The summed E-state index contributed by atoms with van der Waals surface area (Å²) in [4.78, 5) is 16.5. The smallest absolute Gasteiger partial charge is 0.272 e. The van der Waals surface area contributed by atoms with Crippen molar-refractivity contribution in [3.63, 3.8) is 0 Å². The number of nitro groups is 1. The van der Waals surface area contributed by atoms with Gasteiger partial charge in [-0.05, 0) is 31.7 Å². The molecule has 0 unspecified atom stereocenters. The monoisotopic (exact) mass is 332 g/mol. The summed E-state index contributed by atoms with van der Waals surface area (Å²) in [5.41, 5.74) is 0.177. The van der Waals surface area contributed by atoms with Gasteiger partial charge in [-0.1, -0.05) is 5.16 Å². The van der Waals surface area contributed by atoms with E-state index in [-0.39, 0.29) is 11.6 Å². The van der Waals surface area contributed by atoms with Gasteiger partial charge < -0.3 is 9.42 Å². The van der Waals surface area contributed by atoms with Crippen LogP contribution in [0, 0.1) is 15.9 Å². The molecule has 0 amide bonds. The molecule has 0 bridgehead atoms. The first-order chi connectivity index (χ1) is 11.6. The lowest BCUT2D eigenvalue weighted by atomic mass is 9.95. The maximum absolute atomic E-state index is 14.1. The quantitative estimate of drug-likeness (QED) is 0.630. The average Bonchev–Trinajstić information content (AvgIpc) is 3.32. The van der Waals surface area contributed by atoms with Crippen LogP contribution in [0.25, 0.3) is 0 Å². The maximum Gasteiger partial charge on any atom is 0.272 e. The van der Waals surface area contributed by atoms with E-state index in [2.05, 4.69) is 10.1 Å². The maximum atomic E-state index is 14.1. The average molecular weight is 332 g/mol. The minimum absolute atomic E-state index is 0.221. The minimum atomic E-state index is -0.590. The first kappa shape index (κ1) is 15.0. The Bertz CT molecular complexity index is 766. The van der Waals surface area contributed by atoms with E-state index < -0.39 is 10.7 Å². The van der Waals surface area contributed by atoms with Crippen molar-refractivity contribution in [2.75, 3.05) is 18.0 Å². The molecule has 1 aromatic heterocycles. The van der Waals surface area contributed by atoms with Gasteiger partial charge in [0.2, 0.25) is 5.89 Å². The van der Waals surface area contributed by atoms with E-state index in [1.807, 2.05) is 4.90 Å². The Balaban J connectivity index is 1.42. The Morgan fingerprint density at radius 3 is 2.58 bits per heavy atom. The van der Waals surface area contributed by atoms with Gasteiger partial charge in [-0.3, -0.25) is 10.1 Å². The van der Waals surface area contributed by atoms with E-state index in [1.54, 1.807) is 0 Å². The number of aromatic nitrogens is 2. The molecule has 1 saturated carbocycles. The minimum Gasteiger partial charge on any atom is -0.369 e. The predicted octanol–water partition coefficient (Wildman–Crippen LogP) is 3.38. The summed E-state index contributed by atoms with van der Waals surface area (Å²) in [7, 11) is 0. The molecule has 2 fully saturated rings. The Morgan fingerprint density at radius 1 is 1.21 bits per heavy atom. The highest BCUT2D eigenvalue weighted by molar-refractivity contribution is 5.52. The lowest BCUT2D eigenvalue weighted by Gasteiger charge is -2.32. The third-order valence-electron chi connectivity index (χ3n) is 4.73. The van der Waals surface area contributed by atoms with Crippen LogP contribution in [0.1, 0.15) is 49.2 Å².